The maximum atomic E-state index is 13.8. The molecule has 0 fully saturated rings. The van der Waals surface area contributed by atoms with Crippen LogP contribution in [0.4, 0.5) is 5.69 Å². The molecule has 0 aliphatic heterocycles. The van der Waals surface area contributed by atoms with Gasteiger partial charge in [0.2, 0.25) is 11.8 Å². The molecule has 38 heavy (non-hydrogen) atoms. The minimum Gasteiger partial charge on any atom is -0.354 e. The van der Waals surface area contributed by atoms with Crippen molar-refractivity contribution < 1.29 is 18.0 Å². The average Bonchev–Trinajstić information content (AvgIpc) is 2.89. The number of amides is 2. The molecule has 10 heteroatoms. The molecule has 0 spiro atoms. The van der Waals surface area contributed by atoms with Crippen LogP contribution in [0.25, 0.3) is 0 Å². The summed E-state index contributed by atoms with van der Waals surface area (Å²) in [6.45, 7) is 5.68. The standard InChI is InChI=1S/C28H31BrClN3O4S/c1-20(2)17-31-28(35)21(3)32(18-22-8-7-9-23(29)16-22)27(34)19-33(25-14-12-24(30)13-15-25)38(36,37)26-10-5-4-6-11-26/h4-16,20-21H,17-19H2,1-3H3,(H,31,35). The third-order valence-corrected chi connectivity index (χ3v) is 8.35. The molecule has 0 aliphatic rings. The summed E-state index contributed by atoms with van der Waals surface area (Å²) >= 11 is 9.49. The molecule has 1 unspecified atom stereocenters. The minimum atomic E-state index is -4.11. The van der Waals surface area contributed by atoms with E-state index in [1.165, 1.54) is 17.0 Å². The van der Waals surface area contributed by atoms with E-state index in [1.54, 1.807) is 49.4 Å². The van der Waals surface area contributed by atoms with Crippen molar-refractivity contribution in [2.75, 3.05) is 17.4 Å². The van der Waals surface area contributed by atoms with Crippen molar-refractivity contribution in [3.05, 3.63) is 93.9 Å². The molecule has 3 rings (SSSR count). The Bertz CT molecular complexity index is 1350. The van der Waals surface area contributed by atoms with E-state index in [1.807, 2.05) is 38.1 Å². The van der Waals surface area contributed by atoms with Crippen molar-refractivity contribution >= 4 is 55.1 Å². The molecular weight excluding hydrogens is 590 g/mol. The van der Waals surface area contributed by atoms with Gasteiger partial charge in [0.25, 0.3) is 10.0 Å². The fourth-order valence-corrected chi connectivity index (χ4v) is 5.73. The van der Waals surface area contributed by atoms with Gasteiger partial charge in [-0.25, -0.2) is 8.42 Å². The molecule has 2 amide bonds. The summed E-state index contributed by atoms with van der Waals surface area (Å²) in [4.78, 5) is 28.3. The Hall–Kier alpha value is -2.88. The van der Waals surface area contributed by atoms with Gasteiger partial charge in [0, 0.05) is 22.6 Å². The van der Waals surface area contributed by atoms with Gasteiger partial charge in [0.05, 0.1) is 10.6 Å². The van der Waals surface area contributed by atoms with E-state index in [9.17, 15) is 18.0 Å². The lowest BCUT2D eigenvalue weighted by molar-refractivity contribution is -0.139. The monoisotopic (exact) mass is 619 g/mol. The van der Waals surface area contributed by atoms with E-state index in [2.05, 4.69) is 21.2 Å². The van der Waals surface area contributed by atoms with Gasteiger partial charge < -0.3 is 10.2 Å². The fourth-order valence-electron chi connectivity index (χ4n) is 3.72. The van der Waals surface area contributed by atoms with Crippen LogP contribution >= 0.6 is 27.5 Å². The predicted octanol–water partition coefficient (Wildman–Crippen LogP) is 5.49. The van der Waals surface area contributed by atoms with Crippen molar-refractivity contribution in [1.29, 1.82) is 0 Å². The van der Waals surface area contributed by atoms with Gasteiger partial charge in [-0.2, -0.15) is 0 Å². The quantitative estimate of drug-likeness (QED) is 0.307. The van der Waals surface area contributed by atoms with Crippen LogP contribution in [-0.4, -0.2) is 44.3 Å². The predicted molar refractivity (Wildman–Crippen MR) is 154 cm³/mol. The second kappa shape index (κ2) is 13.3. The molecule has 202 valence electrons. The molecule has 0 saturated carbocycles. The number of sulfonamides is 1. The Labute approximate surface area is 238 Å². The first-order chi connectivity index (χ1) is 18.0. The van der Waals surface area contributed by atoms with Crippen molar-refractivity contribution in [3.63, 3.8) is 0 Å². The Morgan fingerprint density at radius 3 is 2.21 bits per heavy atom. The fraction of sp³-hybridized carbons (Fsp3) is 0.286. The third-order valence-electron chi connectivity index (χ3n) is 5.82. The summed E-state index contributed by atoms with van der Waals surface area (Å²) in [5.41, 5.74) is 1.08. The van der Waals surface area contributed by atoms with Crippen LogP contribution in [-0.2, 0) is 26.2 Å². The van der Waals surface area contributed by atoms with Crippen molar-refractivity contribution in [2.45, 2.75) is 38.3 Å². The topological polar surface area (TPSA) is 86.8 Å². The van der Waals surface area contributed by atoms with Crippen LogP contribution in [0.15, 0.2) is 88.2 Å². The second-order valence-electron chi connectivity index (χ2n) is 9.27. The van der Waals surface area contributed by atoms with Gasteiger partial charge in [-0.05, 0) is 66.9 Å². The van der Waals surface area contributed by atoms with Gasteiger partial charge in [-0.3, -0.25) is 13.9 Å². The van der Waals surface area contributed by atoms with Gasteiger partial charge >= 0.3 is 0 Å². The number of nitrogens with zero attached hydrogens (tertiary/aromatic N) is 2. The summed E-state index contributed by atoms with van der Waals surface area (Å²) < 4.78 is 29.3. The number of nitrogens with one attached hydrogen (secondary N) is 1. The molecule has 0 saturated heterocycles. The Balaban J connectivity index is 1.99. The summed E-state index contributed by atoms with van der Waals surface area (Å²) in [6, 6.07) is 20.7. The SMILES string of the molecule is CC(C)CNC(=O)C(C)N(Cc1cccc(Br)c1)C(=O)CN(c1ccc(Cl)cc1)S(=O)(=O)c1ccccc1. The van der Waals surface area contributed by atoms with Crippen LogP contribution < -0.4 is 9.62 Å². The zero-order valence-corrected chi connectivity index (χ0v) is 24.6. The number of anilines is 1. The van der Waals surface area contributed by atoms with Crippen LogP contribution in [0.3, 0.4) is 0 Å². The molecule has 7 nitrogen and oxygen atoms in total. The Kier molecular flexibility index (Phi) is 10.4. The smallest absolute Gasteiger partial charge is 0.264 e. The van der Waals surface area contributed by atoms with E-state index in [4.69, 9.17) is 11.6 Å². The van der Waals surface area contributed by atoms with Crippen LogP contribution in [0.1, 0.15) is 26.3 Å². The lowest BCUT2D eigenvalue weighted by atomic mass is 10.1. The van der Waals surface area contributed by atoms with Crippen molar-refractivity contribution in [1.82, 2.24) is 10.2 Å². The zero-order valence-electron chi connectivity index (χ0n) is 21.5. The normalized spacial score (nSPS) is 12.2. The maximum Gasteiger partial charge on any atom is 0.264 e. The summed E-state index contributed by atoms with van der Waals surface area (Å²) in [6.07, 6.45) is 0. The number of rotatable bonds is 11. The van der Waals surface area contributed by atoms with E-state index in [0.717, 1.165) is 14.3 Å². The van der Waals surface area contributed by atoms with Gasteiger partial charge in [0.1, 0.15) is 12.6 Å². The first kappa shape index (κ1) is 29.7. The second-order valence-corrected chi connectivity index (χ2v) is 12.5. The molecule has 0 radical (unpaired) electrons. The zero-order chi connectivity index (χ0) is 27.9. The van der Waals surface area contributed by atoms with Crippen molar-refractivity contribution in [2.24, 2.45) is 5.92 Å². The molecule has 3 aromatic carbocycles. The first-order valence-electron chi connectivity index (χ1n) is 12.1. The summed E-state index contributed by atoms with van der Waals surface area (Å²) in [5.74, 6) is -0.602. The molecule has 0 bridgehead atoms. The van der Waals surface area contributed by atoms with Gasteiger partial charge in [-0.1, -0.05) is 71.7 Å². The Morgan fingerprint density at radius 2 is 1.61 bits per heavy atom. The number of halogens is 2. The maximum absolute atomic E-state index is 13.8. The van der Waals surface area contributed by atoms with E-state index < -0.39 is 28.5 Å². The molecule has 1 atom stereocenters. The summed E-state index contributed by atoms with van der Waals surface area (Å²) in [5, 5.41) is 3.31. The first-order valence-corrected chi connectivity index (χ1v) is 14.7. The molecule has 0 aliphatic carbocycles. The number of carbonyl (C=O) groups excluding carboxylic acids is 2. The van der Waals surface area contributed by atoms with Crippen LogP contribution in [0, 0.1) is 5.92 Å². The number of hydrogen-bond donors (Lipinski definition) is 1. The highest BCUT2D eigenvalue weighted by molar-refractivity contribution is 9.10. The molecule has 3 aromatic rings. The van der Waals surface area contributed by atoms with E-state index in [-0.39, 0.29) is 29.0 Å². The molecular formula is C28H31BrClN3O4S. The highest BCUT2D eigenvalue weighted by Crippen LogP contribution is 2.26. The average molecular weight is 621 g/mol. The summed E-state index contributed by atoms with van der Waals surface area (Å²) in [7, 11) is -4.11. The lowest BCUT2D eigenvalue weighted by Crippen LogP contribution is -2.51. The molecule has 0 aromatic heterocycles. The van der Waals surface area contributed by atoms with E-state index in [0.29, 0.717) is 11.6 Å². The number of benzene rings is 3. The van der Waals surface area contributed by atoms with Crippen LogP contribution in [0.2, 0.25) is 5.02 Å². The molecule has 1 N–H and O–H groups in total. The highest BCUT2D eigenvalue weighted by Gasteiger charge is 2.32. The largest absolute Gasteiger partial charge is 0.354 e. The minimum absolute atomic E-state index is 0.0454. The van der Waals surface area contributed by atoms with E-state index >= 15 is 0 Å². The van der Waals surface area contributed by atoms with Crippen molar-refractivity contribution in [3.8, 4) is 0 Å². The third kappa shape index (κ3) is 7.82. The number of carbonyl (C=O) groups is 2. The van der Waals surface area contributed by atoms with Gasteiger partial charge in [0.15, 0.2) is 0 Å². The van der Waals surface area contributed by atoms with Crippen LogP contribution in [0.5, 0.6) is 0 Å². The lowest BCUT2D eigenvalue weighted by Gasteiger charge is -2.32. The molecule has 0 heterocycles. The highest BCUT2D eigenvalue weighted by atomic mass is 79.9. The Morgan fingerprint density at radius 1 is 0.947 bits per heavy atom. The van der Waals surface area contributed by atoms with Gasteiger partial charge in [-0.15, -0.1) is 0 Å². The number of hydrogen-bond acceptors (Lipinski definition) is 4.